The maximum atomic E-state index is 11.2. The molecule has 2 aromatic rings. The zero-order chi connectivity index (χ0) is 13.0. The molecule has 0 atom stereocenters. The van der Waals surface area contributed by atoms with Crippen LogP contribution in [0.5, 0.6) is 5.75 Å². The SMILES string of the molecule is COc1cccc(CNc2cn[nH]c(=O)c2Cl)c1. The number of anilines is 1. The Hall–Kier alpha value is -2.01. The van der Waals surface area contributed by atoms with Crippen molar-refractivity contribution in [2.75, 3.05) is 12.4 Å². The monoisotopic (exact) mass is 265 g/mol. The van der Waals surface area contributed by atoms with Gasteiger partial charge in [-0.15, -0.1) is 0 Å². The summed E-state index contributed by atoms with van der Waals surface area (Å²) in [7, 11) is 1.62. The van der Waals surface area contributed by atoms with Crippen LogP contribution >= 0.6 is 11.6 Å². The molecule has 0 saturated heterocycles. The van der Waals surface area contributed by atoms with Gasteiger partial charge < -0.3 is 10.1 Å². The molecular formula is C12H12ClN3O2. The molecule has 0 aliphatic rings. The van der Waals surface area contributed by atoms with Crippen LogP contribution in [0.1, 0.15) is 5.56 Å². The van der Waals surface area contributed by atoms with Gasteiger partial charge in [0.25, 0.3) is 5.56 Å². The van der Waals surface area contributed by atoms with E-state index in [1.807, 2.05) is 24.3 Å². The lowest BCUT2D eigenvalue weighted by Gasteiger charge is -2.08. The first-order valence-corrected chi connectivity index (χ1v) is 5.68. The van der Waals surface area contributed by atoms with E-state index in [0.717, 1.165) is 11.3 Å². The van der Waals surface area contributed by atoms with Crippen LogP contribution in [-0.2, 0) is 6.54 Å². The first-order valence-electron chi connectivity index (χ1n) is 5.30. The molecule has 1 aromatic carbocycles. The second-order valence-corrected chi connectivity index (χ2v) is 4.01. The summed E-state index contributed by atoms with van der Waals surface area (Å²) < 4.78 is 5.13. The second kappa shape index (κ2) is 5.55. The molecule has 5 nitrogen and oxygen atoms in total. The second-order valence-electron chi connectivity index (χ2n) is 3.63. The van der Waals surface area contributed by atoms with Crippen molar-refractivity contribution in [2.24, 2.45) is 0 Å². The number of halogens is 1. The first kappa shape index (κ1) is 12.4. The lowest BCUT2D eigenvalue weighted by atomic mass is 10.2. The largest absolute Gasteiger partial charge is 0.497 e. The van der Waals surface area contributed by atoms with Crippen molar-refractivity contribution in [3.8, 4) is 5.75 Å². The van der Waals surface area contributed by atoms with E-state index in [0.29, 0.717) is 12.2 Å². The summed E-state index contributed by atoms with van der Waals surface area (Å²) in [6, 6.07) is 7.62. The molecule has 0 fully saturated rings. The fraction of sp³-hybridized carbons (Fsp3) is 0.167. The molecule has 2 N–H and O–H groups in total. The third-order valence-electron chi connectivity index (χ3n) is 2.41. The molecule has 2 rings (SSSR count). The highest BCUT2D eigenvalue weighted by Gasteiger charge is 2.04. The van der Waals surface area contributed by atoms with E-state index in [4.69, 9.17) is 16.3 Å². The number of nitrogens with one attached hydrogen (secondary N) is 2. The van der Waals surface area contributed by atoms with Gasteiger partial charge in [0.15, 0.2) is 0 Å². The number of methoxy groups -OCH3 is 1. The van der Waals surface area contributed by atoms with Crippen molar-refractivity contribution in [1.29, 1.82) is 0 Å². The van der Waals surface area contributed by atoms with E-state index in [1.165, 1.54) is 6.20 Å². The molecule has 0 amide bonds. The Morgan fingerprint density at radius 3 is 3.11 bits per heavy atom. The van der Waals surface area contributed by atoms with Gasteiger partial charge in [0, 0.05) is 6.54 Å². The zero-order valence-electron chi connectivity index (χ0n) is 9.74. The highest BCUT2D eigenvalue weighted by Crippen LogP contribution is 2.17. The minimum atomic E-state index is -0.410. The molecule has 94 valence electrons. The van der Waals surface area contributed by atoms with Crippen LogP contribution < -0.4 is 15.6 Å². The third-order valence-corrected chi connectivity index (χ3v) is 2.79. The van der Waals surface area contributed by atoms with Crippen molar-refractivity contribution >= 4 is 17.3 Å². The minimum Gasteiger partial charge on any atom is -0.497 e. The number of ether oxygens (including phenoxy) is 1. The van der Waals surface area contributed by atoms with Crippen molar-refractivity contribution in [3.05, 3.63) is 51.4 Å². The van der Waals surface area contributed by atoms with Gasteiger partial charge in [-0.05, 0) is 17.7 Å². The Labute approximate surface area is 109 Å². The maximum Gasteiger partial charge on any atom is 0.285 e. The number of benzene rings is 1. The number of rotatable bonds is 4. The summed E-state index contributed by atoms with van der Waals surface area (Å²) in [5.74, 6) is 0.782. The van der Waals surface area contributed by atoms with Crippen molar-refractivity contribution in [2.45, 2.75) is 6.54 Å². The van der Waals surface area contributed by atoms with E-state index in [-0.39, 0.29) is 5.02 Å². The number of hydrogen-bond donors (Lipinski definition) is 2. The van der Waals surface area contributed by atoms with Crippen LogP contribution in [0.4, 0.5) is 5.69 Å². The van der Waals surface area contributed by atoms with Crippen LogP contribution in [0.25, 0.3) is 0 Å². The third kappa shape index (κ3) is 2.81. The summed E-state index contributed by atoms with van der Waals surface area (Å²) in [5, 5.41) is 9.10. The van der Waals surface area contributed by atoms with Gasteiger partial charge in [-0.2, -0.15) is 5.10 Å². The van der Waals surface area contributed by atoms with Gasteiger partial charge in [-0.25, -0.2) is 5.10 Å². The van der Waals surface area contributed by atoms with E-state index in [1.54, 1.807) is 7.11 Å². The summed E-state index contributed by atoms with van der Waals surface area (Å²) in [5.41, 5.74) is 1.11. The molecule has 0 spiro atoms. The van der Waals surface area contributed by atoms with Crippen LogP contribution in [0.15, 0.2) is 35.3 Å². The first-order chi connectivity index (χ1) is 8.70. The van der Waals surface area contributed by atoms with Crippen molar-refractivity contribution in [3.63, 3.8) is 0 Å². The predicted molar refractivity (Wildman–Crippen MR) is 70.2 cm³/mol. The van der Waals surface area contributed by atoms with Crippen molar-refractivity contribution in [1.82, 2.24) is 10.2 Å². The lowest BCUT2D eigenvalue weighted by Crippen LogP contribution is -2.11. The Morgan fingerprint density at radius 2 is 2.33 bits per heavy atom. The zero-order valence-corrected chi connectivity index (χ0v) is 10.5. The standard InChI is InChI=1S/C12H12ClN3O2/c1-18-9-4-2-3-8(5-9)6-14-10-7-15-16-12(17)11(10)13/h2-5,7H,6H2,1H3,(H2,14,16,17). The van der Waals surface area contributed by atoms with Crippen LogP contribution in [0, 0.1) is 0 Å². The van der Waals surface area contributed by atoms with Gasteiger partial charge in [-0.1, -0.05) is 23.7 Å². The molecule has 6 heteroatoms. The Bertz CT molecular complexity index is 598. The fourth-order valence-electron chi connectivity index (χ4n) is 1.49. The summed E-state index contributed by atoms with van der Waals surface area (Å²) in [6.45, 7) is 0.530. The smallest absolute Gasteiger partial charge is 0.285 e. The lowest BCUT2D eigenvalue weighted by molar-refractivity contribution is 0.414. The molecule has 0 bridgehead atoms. The van der Waals surface area contributed by atoms with Gasteiger partial charge in [-0.3, -0.25) is 4.79 Å². The maximum absolute atomic E-state index is 11.2. The van der Waals surface area contributed by atoms with Crippen LogP contribution in [-0.4, -0.2) is 17.3 Å². The molecule has 1 aromatic heterocycles. The van der Waals surface area contributed by atoms with Gasteiger partial charge >= 0.3 is 0 Å². The number of aromatic nitrogens is 2. The number of nitrogens with zero attached hydrogens (tertiary/aromatic N) is 1. The predicted octanol–water partition coefficient (Wildman–Crippen LogP) is 2.04. The van der Waals surface area contributed by atoms with E-state index in [2.05, 4.69) is 15.5 Å². The summed E-state index contributed by atoms with van der Waals surface area (Å²) in [6.07, 6.45) is 1.48. The Morgan fingerprint density at radius 1 is 1.50 bits per heavy atom. The molecule has 18 heavy (non-hydrogen) atoms. The summed E-state index contributed by atoms with van der Waals surface area (Å²) in [4.78, 5) is 11.2. The van der Waals surface area contributed by atoms with Gasteiger partial charge in [0.1, 0.15) is 10.8 Å². The normalized spacial score (nSPS) is 10.1. The summed E-state index contributed by atoms with van der Waals surface area (Å²) >= 11 is 5.85. The van der Waals surface area contributed by atoms with E-state index < -0.39 is 5.56 Å². The molecular weight excluding hydrogens is 254 g/mol. The molecule has 0 aliphatic heterocycles. The van der Waals surface area contributed by atoms with Crippen molar-refractivity contribution < 1.29 is 4.74 Å². The molecule has 1 heterocycles. The highest BCUT2D eigenvalue weighted by molar-refractivity contribution is 6.32. The Kier molecular flexibility index (Phi) is 3.84. The van der Waals surface area contributed by atoms with Gasteiger partial charge in [0.2, 0.25) is 0 Å². The minimum absolute atomic E-state index is 0.105. The molecule has 0 unspecified atom stereocenters. The average molecular weight is 266 g/mol. The Balaban J connectivity index is 2.11. The van der Waals surface area contributed by atoms with Gasteiger partial charge in [0.05, 0.1) is 19.0 Å². The molecule has 0 radical (unpaired) electrons. The van der Waals surface area contributed by atoms with E-state index in [9.17, 15) is 4.79 Å². The topological polar surface area (TPSA) is 67.0 Å². The number of hydrogen-bond acceptors (Lipinski definition) is 4. The highest BCUT2D eigenvalue weighted by atomic mass is 35.5. The number of aromatic amines is 1. The molecule has 0 saturated carbocycles. The number of H-pyrrole nitrogens is 1. The van der Waals surface area contributed by atoms with Crippen LogP contribution in [0.3, 0.4) is 0 Å². The van der Waals surface area contributed by atoms with Crippen LogP contribution in [0.2, 0.25) is 5.02 Å². The quantitative estimate of drug-likeness (QED) is 0.888. The molecule has 0 aliphatic carbocycles. The fourth-order valence-corrected chi connectivity index (χ4v) is 1.64. The average Bonchev–Trinajstić information content (AvgIpc) is 2.41. The van der Waals surface area contributed by atoms with E-state index >= 15 is 0 Å².